The molecule has 1 fully saturated rings. The van der Waals surface area contributed by atoms with Crippen LogP contribution in [0.3, 0.4) is 0 Å². The maximum Gasteiger partial charge on any atom is 0.417 e. The fourth-order valence-electron chi connectivity index (χ4n) is 4.15. The summed E-state index contributed by atoms with van der Waals surface area (Å²) in [4.78, 5) is 18.9. The van der Waals surface area contributed by atoms with Crippen molar-refractivity contribution in [2.45, 2.75) is 58.0 Å². The SMILES string of the molecule is Cc1cc(C(F)(F)F)c2c(C3CCN(C(=O)c4cc(C(C)(C)C)nn4C)CC3)noc2n1. The summed E-state index contributed by atoms with van der Waals surface area (Å²) in [6.07, 6.45) is -3.56. The van der Waals surface area contributed by atoms with E-state index in [1.807, 2.05) is 26.8 Å². The van der Waals surface area contributed by atoms with Crippen LogP contribution < -0.4 is 0 Å². The van der Waals surface area contributed by atoms with Crippen molar-refractivity contribution >= 4 is 17.0 Å². The summed E-state index contributed by atoms with van der Waals surface area (Å²) in [5.74, 6) is -0.380. The number of alkyl halides is 3. The number of fused-ring (bicyclic) bond motifs is 1. The maximum absolute atomic E-state index is 13.6. The van der Waals surface area contributed by atoms with Gasteiger partial charge in [0.25, 0.3) is 11.6 Å². The summed E-state index contributed by atoms with van der Waals surface area (Å²) in [5, 5.41) is 8.34. The first-order chi connectivity index (χ1) is 14.9. The molecular weight excluding hydrogens is 423 g/mol. The standard InChI is InChI=1S/C22H26F3N5O2/c1-12-10-14(22(23,24)25)17-18(28-32-19(17)26-12)13-6-8-30(9-7-13)20(31)15-11-16(21(2,3)4)27-29(15)5/h10-11,13H,6-9H2,1-5H3. The van der Waals surface area contributed by atoms with Gasteiger partial charge >= 0.3 is 6.18 Å². The van der Waals surface area contributed by atoms with E-state index in [4.69, 9.17) is 4.52 Å². The second-order valence-electron chi connectivity index (χ2n) is 9.41. The van der Waals surface area contributed by atoms with Gasteiger partial charge in [-0.05, 0) is 31.9 Å². The van der Waals surface area contributed by atoms with Gasteiger partial charge in [-0.2, -0.15) is 18.3 Å². The largest absolute Gasteiger partial charge is 0.417 e. The number of pyridine rings is 1. The van der Waals surface area contributed by atoms with E-state index in [2.05, 4.69) is 15.2 Å². The van der Waals surface area contributed by atoms with E-state index >= 15 is 0 Å². The number of hydrogen-bond donors (Lipinski definition) is 0. The van der Waals surface area contributed by atoms with Gasteiger partial charge in [0.1, 0.15) is 5.69 Å². The molecule has 0 aromatic carbocycles. The molecule has 0 unspecified atom stereocenters. The van der Waals surface area contributed by atoms with Crippen molar-refractivity contribution in [2.24, 2.45) is 7.05 Å². The molecule has 1 aliphatic heterocycles. The minimum absolute atomic E-state index is 0.0747. The first-order valence-corrected chi connectivity index (χ1v) is 10.5. The molecule has 0 bridgehead atoms. The summed E-state index contributed by atoms with van der Waals surface area (Å²) < 4.78 is 47.7. The molecule has 0 aliphatic carbocycles. The van der Waals surface area contributed by atoms with Gasteiger partial charge < -0.3 is 9.42 Å². The lowest BCUT2D eigenvalue weighted by atomic mass is 9.90. The van der Waals surface area contributed by atoms with Crippen LogP contribution in [0, 0.1) is 6.92 Å². The Bertz CT molecular complexity index is 1160. The van der Waals surface area contributed by atoms with E-state index in [0.717, 1.165) is 11.8 Å². The normalized spacial score (nSPS) is 16.2. The van der Waals surface area contributed by atoms with Gasteiger partial charge in [0.2, 0.25) is 0 Å². The van der Waals surface area contributed by atoms with Crippen LogP contribution in [0.15, 0.2) is 16.7 Å². The van der Waals surface area contributed by atoms with Crippen molar-refractivity contribution in [1.82, 2.24) is 24.8 Å². The summed E-state index contributed by atoms with van der Waals surface area (Å²) in [5.41, 5.74) is 0.755. The lowest BCUT2D eigenvalue weighted by Gasteiger charge is -2.31. The Morgan fingerprint density at radius 1 is 1.16 bits per heavy atom. The molecule has 4 rings (SSSR count). The highest BCUT2D eigenvalue weighted by atomic mass is 19.4. The van der Waals surface area contributed by atoms with Gasteiger partial charge in [-0.25, -0.2) is 4.98 Å². The van der Waals surface area contributed by atoms with Crippen molar-refractivity contribution in [3.8, 4) is 0 Å². The Morgan fingerprint density at radius 3 is 2.38 bits per heavy atom. The lowest BCUT2D eigenvalue weighted by Crippen LogP contribution is -2.38. The number of aromatic nitrogens is 4. The van der Waals surface area contributed by atoms with Crippen LogP contribution in [-0.4, -0.2) is 43.8 Å². The van der Waals surface area contributed by atoms with E-state index in [1.54, 1.807) is 16.6 Å². The van der Waals surface area contributed by atoms with Crippen molar-refractivity contribution in [3.63, 3.8) is 0 Å². The van der Waals surface area contributed by atoms with Gasteiger partial charge in [-0.1, -0.05) is 25.9 Å². The zero-order valence-electron chi connectivity index (χ0n) is 18.7. The first kappa shape index (κ1) is 22.3. The molecule has 4 heterocycles. The Morgan fingerprint density at radius 2 is 1.81 bits per heavy atom. The summed E-state index contributed by atoms with van der Waals surface area (Å²) in [6.45, 7) is 8.40. The highest BCUT2D eigenvalue weighted by Crippen LogP contribution is 2.40. The van der Waals surface area contributed by atoms with Crippen LogP contribution in [0.5, 0.6) is 0 Å². The quantitative estimate of drug-likeness (QED) is 0.572. The Kier molecular flexibility index (Phi) is 5.29. The second kappa shape index (κ2) is 7.60. The van der Waals surface area contributed by atoms with E-state index in [1.165, 1.54) is 6.92 Å². The lowest BCUT2D eigenvalue weighted by molar-refractivity contribution is -0.136. The molecule has 1 amide bonds. The van der Waals surface area contributed by atoms with Crippen LogP contribution in [0.4, 0.5) is 13.2 Å². The number of piperidine rings is 1. The molecule has 172 valence electrons. The molecule has 0 radical (unpaired) electrons. The van der Waals surface area contributed by atoms with E-state index in [-0.39, 0.29) is 39.7 Å². The number of nitrogens with zero attached hydrogens (tertiary/aromatic N) is 5. The molecule has 0 saturated carbocycles. The van der Waals surface area contributed by atoms with Crippen molar-refractivity contribution in [2.75, 3.05) is 13.1 Å². The zero-order chi connectivity index (χ0) is 23.4. The monoisotopic (exact) mass is 449 g/mol. The minimum atomic E-state index is -4.53. The Labute approximate surface area is 183 Å². The molecule has 32 heavy (non-hydrogen) atoms. The fraction of sp³-hybridized carbons (Fsp3) is 0.545. The molecule has 10 heteroatoms. The van der Waals surface area contributed by atoms with Gasteiger partial charge in [-0.15, -0.1) is 0 Å². The van der Waals surface area contributed by atoms with Gasteiger partial charge in [0.05, 0.1) is 22.3 Å². The average molecular weight is 449 g/mol. The van der Waals surface area contributed by atoms with Crippen molar-refractivity contribution in [3.05, 3.63) is 40.5 Å². The third-order valence-electron chi connectivity index (χ3n) is 5.94. The number of carbonyl (C=O) groups is 1. The molecule has 3 aromatic heterocycles. The van der Waals surface area contributed by atoms with Crippen LogP contribution >= 0.6 is 0 Å². The highest BCUT2D eigenvalue weighted by Gasteiger charge is 2.38. The molecule has 7 nitrogen and oxygen atoms in total. The Hall–Kier alpha value is -2.91. The summed E-state index contributed by atoms with van der Waals surface area (Å²) in [7, 11) is 1.74. The number of halogens is 3. The predicted octanol–water partition coefficient (Wildman–Crippen LogP) is 4.60. The van der Waals surface area contributed by atoms with Crippen LogP contribution in [0.1, 0.15) is 72.7 Å². The minimum Gasteiger partial charge on any atom is -0.337 e. The van der Waals surface area contributed by atoms with E-state index in [9.17, 15) is 18.0 Å². The number of carbonyl (C=O) groups excluding carboxylic acids is 1. The molecule has 0 spiro atoms. The molecule has 0 atom stereocenters. The topological polar surface area (TPSA) is 77.0 Å². The maximum atomic E-state index is 13.6. The molecular formula is C22H26F3N5O2. The fourth-order valence-corrected chi connectivity index (χ4v) is 4.15. The van der Waals surface area contributed by atoms with Crippen LogP contribution in [0.2, 0.25) is 0 Å². The van der Waals surface area contributed by atoms with Gasteiger partial charge in [0.15, 0.2) is 0 Å². The number of likely N-dealkylation sites (tertiary alicyclic amines) is 1. The summed E-state index contributed by atoms with van der Waals surface area (Å²) >= 11 is 0. The smallest absolute Gasteiger partial charge is 0.337 e. The first-order valence-electron chi connectivity index (χ1n) is 10.5. The number of amides is 1. The molecule has 0 N–H and O–H groups in total. The highest BCUT2D eigenvalue weighted by molar-refractivity contribution is 5.93. The molecule has 1 saturated heterocycles. The van der Waals surface area contributed by atoms with E-state index < -0.39 is 11.7 Å². The summed E-state index contributed by atoms with van der Waals surface area (Å²) in [6, 6.07) is 2.83. The van der Waals surface area contributed by atoms with Gasteiger partial charge in [-0.3, -0.25) is 9.48 Å². The van der Waals surface area contributed by atoms with Crippen LogP contribution in [-0.2, 0) is 18.6 Å². The molecule has 3 aromatic rings. The van der Waals surface area contributed by atoms with E-state index in [0.29, 0.717) is 31.6 Å². The van der Waals surface area contributed by atoms with Gasteiger partial charge in [0, 0.05) is 37.2 Å². The molecule has 1 aliphatic rings. The second-order valence-corrected chi connectivity index (χ2v) is 9.41. The number of aryl methyl sites for hydroxylation is 2. The van der Waals surface area contributed by atoms with Crippen molar-refractivity contribution < 1.29 is 22.5 Å². The van der Waals surface area contributed by atoms with Crippen LogP contribution in [0.25, 0.3) is 11.1 Å². The number of rotatable bonds is 2. The zero-order valence-corrected chi connectivity index (χ0v) is 18.7. The third-order valence-corrected chi connectivity index (χ3v) is 5.94. The average Bonchev–Trinajstić information content (AvgIpc) is 3.29. The predicted molar refractivity (Wildman–Crippen MR) is 111 cm³/mol. The number of hydrogen-bond acceptors (Lipinski definition) is 5. The Balaban J connectivity index is 1.56. The third kappa shape index (κ3) is 3.98. The van der Waals surface area contributed by atoms with Crippen molar-refractivity contribution in [1.29, 1.82) is 0 Å².